The van der Waals surface area contributed by atoms with E-state index in [0.717, 1.165) is 0 Å². The number of aromatic nitrogens is 6. The number of ether oxygens (including phenoxy) is 2. The quantitative estimate of drug-likeness (QED) is 0.679. The van der Waals surface area contributed by atoms with E-state index in [1.807, 2.05) is 0 Å². The highest BCUT2D eigenvalue weighted by Gasteiger charge is 2.14. The Balaban J connectivity index is 2.18. The van der Waals surface area contributed by atoms with Gasteiger partial charge in [-0.15, -0.1) is 5.10 Å². The van der Waals surface area contributed by atoms with Gasteiger partial charge in [-0.2, -0.15) is 4.98 Å². The third kappa shape index (κ3) is 2.33. The Morgan fingerprint density at radius 2 is 1.95 bits per heavy atom. The molecule has 9 heteroatoms. The van der Waals surface area contributed by atoms with E-state index < -0.39 is 0 Å². The molecule has 0 atom stereocenters. The fraction of sp³-hybridized carbons (Fsp3) is 0.250. The van der Waals surface area contributed by atoms with Gasteiger partial charge >= 0.3 is 6.01 Å². The van der Waals surface area contributed by atoms with Crippen LogP contribution in [0.3, 0.4) is 0 Å². The molecule has 0 radical (unpaired) electrons. The summed E-state index contributed by atoms with van der Waals surface area (Å²) in [7, 11) is 2.99. The molecular weight excluding hydrogens is 296 g/mol. The van der Waals surface area contributed by atoms with Gasteiger partial charge < -0.3 is 9.47 Å². The summed E-state index contributed by atoms with van der Waals surface area (Å²) in [5, 5.41) is 5.33. The molecule has 0 aromatic carbocycles. The minimum absolute atomic E-state index is 0.209. The SMILES string of the molecule is COc1ncc(-n2cc3c(Cl)nc(C)nc3n2)c(OC)n1. The van der Waals surface area contributed by atoms with E-state index in [0.29, 0.717) is 33.6 Å². The number of hydrogen-bond acceptors (Lipinski definition) is 7. The molecule has 108 valence electrons. The van der Waals surface area contributed by atoms with Crippen LogP contribution in [-0.4, -0.2) is 43.9 Å². The van der Waals surface area contributed by atoms with Gasteiger partial charge in [0.25, 0.3) is 0 Å². The zero-order valence-electron chi connectivity index (χ0n) is 11.5. The summed E-state index contributed by atoms with van der Waals surface area (Å²) < 4.78 is 11.7. The van der Waals surface area contributed by atoms with E-state index in [1.165, 1.54) is 14.2 Å². The predicted octanol–water partition coefficient (Wildman–Crippen LogP) is 1.58. The first-order valence-electron chi connectivity index (χ1n) is 5.97. The molecule has 0 saturated carbocycles. The highest BCUT2D eigenvalue weighted by molar-refractivity contribution is 6.33. The van der Waals surface area contributed by atoms with Gasteiger partial charge in [0.1, 0.15) is 16.7 Å². The average Bonchev–Trinajstić information content (AvgIpc) is 2.90. The van der Waals surface area contributed by atoms with Crippen LogP contribution in [0.15, 0.2) is 12.4 Å². The Bertz CT molecular complexity index is 819. The van der Waals surface area contributed by atoms with Gasteiger partial charge in [-0.3, -0.25) is 0 Å². The lowest BCUT2D eigenvalue weighted by Gasteiger charge is -2.07. The maximum Gasteiger partial charge on any atom is 0.319 e. The lowest BCUT2D eigenvalue weighted by Crippen LogP contribution is -2.03. The zero-order chi connectivity index (χ0) is 15.0. The number of fused-ring (bicyclic) bond motifs is 1. The zero-order valence-corrected chi connectivity index (χ0v) is 12.3. The van der Waals surface area contributed by atoms with Gasteiger partial charge in [-0.05, 0) is 6.92 Å². The summed E-state index contributed by atoms with van der Waals surface area (Å²) >= 11 is 6.10. The van der Waals surface area contributed by atoms with Gasteiger partial charge in [-0.25, -0.2) is 19.6 Å². The summed E-state index contributed by atoms with van der Waals surface area (Å²) in [4.78, 5) is 16.5. The number of aryl methyl sites for hydroxylation is 1. The van der Waals surface area contributed by atoms with Gasteiger partial charge in [0.05, 0.1) is 25.8 Å². The van der Waals surface area contributed by atoms with Crippen molar-refractivity contribution >= 4 is 22.6 Å². The molecule has 0 spiro atoms. The molecule has 0 aliphatic rings. The van der Waals surface area contributed by atoms with Crippen molar-refractivity contribution in [3.05, 3.63) is 23.4 Å². The van der Waals surface area contributed by atoms with E-state index in [1.54, 1.807) is 24.0 Å². The van der Waals surface area contributed by atoms with Crippen LogP contribution in [0.25, 0.3) is 16.7 Å². The molecular formula is C12H11ClN6O2. The first-order chi connectivity index (χ1) is 10.1. The molecule has 0 bridgehead atoms. The standard InChI is InChI=1S/C12H11ClN6O2/c1-6-15-9(13)7-5-19(18-10(7)16-6)8-4-14-12(21-3)17-11(8)20-2/h4-5H,1-3H3. The summed E-state index contributed by atoms with van der Waals surface area (Å²) in [6.45, 7) is 1.75. The minimum atomic E-state index is 0.209. The van der Waals surface area contributed by atoms with E-state index in [2.05, 4.69) is 25.0 Å². The Hall–Kier alpha value is -2.48. The van der Waals surface area contributed by atoms with E-state index >= 15 is 0 Å². The molecule has 3 aromatic rings. The summed E-state index contributed by atoms with van der Waals surface area (Å²) in [5.74, 6) is 0.881. The molecule has 3 aromatic heterocycles. The Morgan fingerprint density at radius 3 is 2.67 bits per heavy atom. The number of rotatable bonds is 3. The molecule has 3 rings (SSSR count). The molecule has 0 amide bonds. The van der Waals surface area contributed by atoms with Crippen LogP contribution in [0.4, 0.5) is 0 Å². The van der Waals surface area contributed by atoms with Crippen molar-refractivity contribution in [3.8, 4) is 17.6 Å². The second-order valence-electron chi connectivity index (χ2n) is 4.12. The third-order valence-electron chi connectivity index (χ3n) is 2.78. The van der Waals surface area contributed by atoms with Gasteiger partial charge in [0, 0.05) is 6.20 Å². The molecule has 21 heavy (non-hydrogen) atoms. The molecule has 0 N–H and O–H groups in total. The monoisotopic (exact) mass is 306 g/mol. The van der Waals surface area contributed by atoms with E-state index in [9.17, 15) is 0 Å². The fourth-order valence-electron chi connectivity index (χ4n) is 1.85. The van der Waals surface area contributed by atoms with Gasteiger partial charge in [-0.1, -0.05) is 11.6 Å². The largest absolute Gasteiger partial charge is 0.479 e. The van der Waals surface area contributed by atoms with Crippen molar-refractivity contribution in [1.82, 2.24) is 29.7 Å². The normalized spacial score (nSPS) is 10.9. The first kappa shape index (κ1) is 13.5. The number of halogens is 1. The van der Waals surface area contributed by atoms with Crippen molar-refractivity contribution in [3.63, 3.8) is 0 Å². The number of hydrogen-bond donors (Lipinski definition) is 0. The summed E-state index contributed by atoms with van der Waals surface area (Å²) in [6, 6.07) is 0.209. The van der Waals surface area contributed by atoms with Crippen molar-refractivity contribution in [1.29, 1.82) is 0 Å². The lowest BCUT2D eigenvalue weighted by molar-refractivity contribution is 0.350. The fourth-order valence-corrected chi connectivity index (χ4v) is 2.10. The second kappa shape index (κ2) is 5.13. The topological polar surface area (TPSA) is 87.8 Å². The van der Waals surface area contributed by atoms with Crippen molar-refractivity contribution in [2.75, 3.05) is 14.2 Å². The molecule has 0 aliphatic carbocycles. The molecule has 0 fully saturated rings. The maximum atomic E-state index is 6.10. The molecule has 0 aliphatic heterocycles. The Kier molecular flexibility index (Phi) is 3.30. The molecule has 8 nitrogen and oxygen atoms in total. The van der Waals surface area contributed by atoms with Crippen LogP contribution in [0.1, 0.15) is 5.82 Å². The van der Waals surface area contributed by atoms with E-state index in [-0.39, 0.29) is 6.01 Å². The molecule has 0 unspecified atom stereocenters. The van der Waals surface area contributed by atoms with Crippen molar-refractivity contribution in [2.45, 2.75) is 6.92 Å². The molecule has 3 heterocycles. The van der Waals surface area contributed by atoms with Crippen molar-refractivity contribution in [2.24, 2.45) is 0 Å². The minimum Gasteiger partial charge on any atom is -0.479 e. The van der Waals surface area contributed by atoms with Crippen LogP contribution in [0.5, 0.6) is 11.9 Å². The predicted molar refractivity (Wildman–Crippen MR) is 75.1 cm³/mol. The van der Waals surface area contributed by atoms with Crippen molar-refractivity contribution < 1.29 is 9.47 Å². The average molecular weight is 307 g/mol. The van der Waals surface area contributed by atoms with Gasteiger partial charge in [0.15, 0.2) is 5.65 Å². The highest BCUT2D eigenvalue weighted by atomic mass is 35.5. The Labute approximate surface area is 124 Å². The van der Waals surface area contributed by atoms with Crippen LogP contribution in [0, 0.1) is 6.92 Å². The van der Waals surface area contributed by atoms with Crippen LogP contribution in [-0.2, 0) is 0 Å². The van der Waals surface area contributed by atoms with Crippen LogP contribution < -0.4 is 9.47 Å². The van der Waals surface area contributed by atoms with Crippen LogP contribution >= 0.6 is 11.6 Å². The Morgan fingerprint density at radius 1 is 1.14 bits per heavy atom. The third-order valence-corrected chi connectivity index (χ3v) is 3.07. The first-order valence-corrected chi connectivity index (χ1v) is 6.35. The smallest absolute Gasteiger partial charge is 0.319 e. The number of methoxy groups -OCH3 is 2. The summed E-state index contributed by atoms with van der Waals surface area (Å²) in [6.07, 6.45) is 3.25. The highest BCUT2D eigenvalue weighted by Crippen LogP contribution is 2.25. The molecule has 0 saturated heterocycles. The van der Waals surface area contributed by atoms with Crippen LogP contribution in [0.2, 0.25) is 5.15 Å². The second-order valence-corrected chi connectivity index (χ2v) is 4.48. The van der Waals surface area contributed by atoms with E-state index in [4.69, 9.17) is 21.1 Å². The summed E-state index contributed by atoms with van der Waals surface area (Å²) in [5.41, 5.74) is 1.04. The number of nitrogens with zero attached hydrogens (tertiary/aromatic N) is 6. The lowest BCUT2D eigenvalue weighted by atomic mass is 10.4. The maximum absolute atomic E-state index is 6.10. The van der Waals surface area contributed by atoms with Gasteiger partial charge in [0.2, 0.25) is 5.88 Å².